The molecule has 0 fully saturated rings. The first kappa shape index (κ1) is 9.29. The van der Waals surface area contributed by atoms with Gasteiger partial charge < -0.3 is 9.66 Å². The highest BCUT2D eigenvalue weighted by Gasteiger charge is 2.20. The number of fused-ring (bicyclic) bond motifs is 1. The molecular formula is C8H9N3O2S. The van der Waals surface area contributed by atoms with Gasteiger partial charge in [-0.2, -0.15) is 4.31 Å². The van der Waals surface area contributed by atoms with Crippen LogP contribution >= 0.6 is 0 Å². The molecule has 1 aromatic heterocycles. The molecule has 1 aliphatic heterocycles. The Morgan fingerprint density at radius 3 is 3.07 bits per heavy atom. The summed E-state index contributed by atoms with van der Waals surface area (Å²) in [5.74, 6) is -0.0465. The molecule has 1 aromatic rings. The first-order chi connectivity index (χ1) is 6.68. The second kappa shape index (κ2) is 3.47. The summed E-state index contributed by atoms with van der Waals surface area (Å²) < 4.78 is 12.8. The summed E-state index contributed by atoms with van der Waals surface area (Å²) in [6, 6.07) is 0. The first-order valence-corrected chi connectivity index (χ1v) is 5.51. The van der Waals surface area contributed by atoms with Gasteiger partial charge in [0.2, 0.25) is 5.88 Å². The molecular weight excluding hydrogens is 202 g/mol. The van der Waals surface area contributed by atoms with Crippen LogP contribution in [0, 0.1) is 0 Å². The molecule has 2 heterocycles. The summed E-state index contributed by atoms with van der Waals surface area (Å²) in [4.78, 5) is 7.66. The average Bonchev–Trinajstić information content (AvgIpc) is 2.18. The van der Waals surface area contributed by atoms with E-state index in [1.165, 1.54) is 6.33 Å². The Bertz CT molecular complexity index is 381. The molecule has 0 saturated carbocycles. The summed E-state index contributed by atoms with van der Waals surface area (Å²) in [7, 11) is 0. The van der Waals surface area contributed by atoms with Crippen molar-refractivity contribution in [2.24, 2.45) is 0 Å². The zero-order valence-electron chi connectivity index (χ0n) is 7.54. The Labute approximate surface area is 84.4 Å². The Balaban J connectivity index is 2.37. The maximum atomic E-state index is 11.2. The predicted molar refractivity (Wildman–Crippen MR) is 52.3 cm³/mol. The molecule has 1 aliphatic rings. The summed E-state index contributed by atoms with van der Waals surface area (Å²) in [6.45, 7) is 0.377. The van der Waals surface area contributed by atoms with Gasteiger partial charge in [0.05, 0.1) is 35.4 Å². The molecule has 74 valence electrons. The van der Waals surface area contributed by atoms with Crippen molar-refractivity contribution in [2.45, 2.75) is 6.54 Å². The fraction of sp³-hybridized carbons (Fsp3) is 0.250. The van der Waals surface area contributed by atoms with Crippen molar-refractivity contribution in [3.8, 4) is 5.88 Å². The molecule has 1 atom stereocenters. The number of aromatic hydroxyl groups is 1. The molecule has 0 aliphatic carbocycles. The standard InChI is InChI=1S/C8H9N3O2S/c1-14(13)11-3-2-7-6(4-11)8(12)10-5-9-7/h2-3,5H,4H2,1H3,(H,9,10,12). The van der Waals surface area contributed by atoms with Gasteiger partial charge in [0.15, 0.2) is 0 Å². The van der Waals surface area contributed by atoms with E-state index in [2.05, 4.69) is 9.97 Å². The Morgan fingerprint density at radius 1 is 1.57 bits per heavy atom. The van der Waals surface area contributed by atoms with Gasteiger partial charge in [0.25, 0.3) is 0 Å². The second-order valence-corrected chi connectivity index (χ2v) is 4.19. The lowest BCUT2D eigenvalue weighted by Crippen LogP contribution is -2.26. The Kier molecular flexibility index (Phi) is 2.30. The van der Waals surface area contributed by atoms with Crippen molar-refractivity contribution in [1.29, 1.82) is 0 Å². The van der Waals surface area contributed by atoms with Gasteiger partial charge >= 0.3 is 0 Å². The maximum absolute atomic E-state index is 11.2. The molecule has 2 rings (SSSR count). The lowest BCUT2D eigenvalue weighted by Gasteiger charge is -2.23. The monoisotopic (exact) mass is 211 g/mol. The highest BCUT2D eigenvalue weighted by molar-refractivity contribution is 7.88. The molecule has 1 unspecified atom stereocenters. The fourth-order valence-electron chi connectivity index (χ4n) is 1.25. The quantitative estimate of drug-likeness (QED) is 0.675. The van der Waals surface area contributed by atoms with Gasteiger partial charge in [-0.3, -0.25) is 0 Å². The predicted octanol–water partition coefficient (Wildman–Crippen LogP) is 0.262. The summed E-state index contributed by atoms with van der Waals surface area (Å²) >= 11 is -1.09. The minimum absolute atomic E-state index is 0.0465. The molecule has 0 aromatic carbocycles. The van der Waals surface area contributed by atoms with E-state index in [0.717, 1.165) is 0 Å². The fourth-order valence-corrected chi connectivity index (χ4v) is 1.79. The third-order valence-corrected chi connectivity index (χ3v) is 2.91. The van der Waals surface area contributed by atoms with Crippen LogP contribution in [0.5, 0.6) is 5.88 Å². The van der Waals surface area contributed by atoms with Gasteiger partial charge in [-0.1, -0.05) is 0 Å². The number of nitrogens with zero attached hydrogens (tertiary/aromatic N) is 3. The minimum Gasteiger partial charge on any atom is -0.593 e. The van der Waals surface area contributed by atoms with E-state index in [1.807, 2.05) is 0 Å². The van der Waals surface area contributed by atoms with Gasteiger partial charge in [-0.25, -0.2) is 9.97 Å². The Morgan fingerprint density at radius 2 is 2.36 bits per heavy atom. The minimum atomic E-state index is -1.09. The molecule has 1 N–H and O–H groups in total. The van der Waals surface area contributed by atoms with E-state index in [4.69, 9.17) is 0 Å². The molecule has 0 saturated heterocycles. The van der Waals surface area contributed by atoms with Crippen LogP contribution in [0.1, 0.15) is 11.3 Å². The van der Waals surface area contributed by atoms with E-state index in [0.29, 0.717) is 17.8 Å². The average molecular weight is 211 g/mol. The first-order valence-electron chi connectivity index (χ1n) is 3.99. The van der Waals surface area contributed by atoms with Crippen LogP contribution in [0.4, 0.5) is 0 Å². The van der Waals surface area contributed by atoms with E-state index in [1.54, 1.807) is 22.8 Å². The third kappa shape index (κ3) is 1.53. The van der Waals surface area contributed by atoms with Crippen LogP contribution in [-0.4, -0.2) is 30.2 Å². The van der Waals surface area contributed by atoms with Crippen molar-refractivity contribution < 1.29 is 9.66 Å². The highest BCUT2D eigenvalue weighted by Crippen LogP contribution is 2.24. The van der Waals surface area contributed by atoms with E-state index < -0.39 is 11.4 Å². The van der Waals surface area contributed by atoms with Crippen LogP contribution in [0.3, 0.4) is 0 Å². The largest absolute Gasteiger partial charge is 0.593 e. The van der Waals surface area contributed by atoms with Gasteiger partial charge in [0.1, 0.15) is 12.6 Å². The smallest absolute Gasteiger partial charge is 0.219 e. The molecule has 5 nitrogen and oxygen atoms in total. The van der Waals surface area contributed by atoms with Gasteiger partial charge in [0, 0.05) is 0 Å². The molecule has 0 radical (unpaired) electrons. The molecule has 6 heteroatoms. The van der Waals surface area contributed by atoms with Crippen LogP contribution in [0.25, 0.3) is 6.08 Å². The van der Waals surface area contributed by atoms with E-state index >= 15 is 0 Å². The molecule has 0 spiro atoms. The normalized spacial score (nSPS) is 16.6. The van der Waals surface area contributed by atoms with Crippen molar-refractivity contribution in [1.82, 2.24) is 14.3 Å². The highest BCUT2D eigenvalue weighted by atomic mass is 32.2. The number of aromatic nitrogens is 2. The van der Waals surface area contributed by atoms with Crippen molar-refractivity contribution in [3.63, 3.8) is 0 Å². The van der Waals surface area contributed by atoms with Gasteiger partial charge in [-0.15, -0.1) is 0 Å². The Hall–Kier alpha value is -1.27. The molecule has 14 heavy (non-hydrogen) atoms. The summed E-state index contributed by atoms with van der Waals surface area (Å²) in [6.07, 6.45) is 6.29. The SMILES string of the molecule is C[S+]([O-])N1C=Cc2ncnc(O)c2C1. The van der Waals surface area contributed by atoms with Crippen molar-refractivity contribution in [2.75, 3.05) is 6.26 Å². The lowest BCUT2D eigenvalue weighted by molar-refractivity contribution is 0.427. The van der Waals surface area contributed by atoms with Gasteiger partial charge in [-0.05, 0) is 6.08 Å². The zero-order chi connectivity index (χ0) is 10.1. The van der Waals surface area contributed by atoms with Crippen molar-refractivity contribution in [3.05, 3.63) is 23.8 Å². The van der Waals surface area contributed by atoms with Crippen molar-refractivity contribution >= 4 is 17.4 Å². The zero-order valence-corrected chi connectivity index (χ0v) is 8.36. The topological polar surface area (TPSA) is 72.3 Å². The number of hydrogen-bond donors (Lipinski definition) is 1. The molecule has 0 amide bonds. The van der Waals surface area contributed by atoms with Crippen LogP contribution in [0.2, 0.25) is 0 Å². The van der Waals surface area contributed by atoms with Crippen LogP contribution in [-0.2, 0) is 17.9 Å². The number of rotatable bonds is 1. The number of hydrogen-bond acceptors (Lipinski definition) is 5. The maximum Gasteiger partial charge on any atom is 0.219 e. The summed E-state index contributed by atoms with van der Waals surface area (Å²) in [5, 5.41) is 9.45. The lowest BCUT2D eigenvalue weighted by atomic mass is 10.2. The second-order valence-electron chi connectivity index (χ2n) is 2.88. The third-order valence-electron chi connectivity index (χ3n) is 2.00. The van der Waals surface area contributed by atoms with Crippen LogP contribution < -0.4 is 0 Å². The molecule has 0 bridgehead atoms. The van der Waals surface area contributed by atoms with E-state index in [9.17, 15) is 9.66 Å². The van der Waals surface area contributed by atoms with E-state index in [-0.39, 0.29) is 5.88 Å². The summed E-state index contributed by atoms with van der Waals surface area (Å²) in [5.41, 5.74) is 1.30. The van der Waals surface area contributed by atoms with Crippen LogP contribution in [0.15, 0.2) is 12.5 Å².